The van der Waals surface area contributed by atoms with Crippen LogP contribution in [0.1, 0.15) is 54.1 Å². The highest BCUT2D eigenvalue weighted by Gasteiger charge is 2.37. The number of carbonyl (C=O) groups excluding carboxylic acids is 2. The number of benzene rings is 2. The molecule has 6 rings (SSSR count). The summed E-state index contributed by atoms with van der Waals surface area (Å²) >= 11 is 7.56. The van der Waals surface area contributed by atoms with E-state index in [1.807, 2.05) is 6.92 Å². The van der Waals surface area contributed by atoms with Crippen molar-refractivity contribution in [3.05, 3.63) is 108 Å². The van der Waals surface area contributed by atoms with Crippen LogP contribution in [-0.2, 0) is 12.8 Å². The lowest BCUT2D eigenvalue weighted by atomic mass is 10.00. The molecule has 0 saturated heterocycles. The molecule has 0 fully saturated rings. The standard InChI is InChI=1S/C29H24ClN5O4S/c1-15-25(40-14-33-15)6-8-35-28(38)19-10-17-11-23(34-22(17)12-20(19)29(35)39)26-21(5-7-31-27(26)37)32-13-24(36)16-3-2-4-18(30)9-16/h2-5,7,9-10,12,14,24,36H,6,8,11,13H2,1H3,(H2,31,32,37)/t24-/m1/s1. The van der Waals surface area contributed by atoms with E-state index in [0.717, 1.165) is 16.1 Å². The number of aromatic amines is 1. The number of imide groups is 1. The van der Waals surface area contributed by atoms with Crippen LogP contribution in [0.25, 0.3) is 0 Å². The fraction of sp³-hybridized carbons (Fsp3) is 0.207. The summed E-state index contributed by atoms with van der Waals surface area (Å²) in [5, 5.41) is 14.3. The Bertz CT molecular complexity index is 1760. The van der Waals surface area contributed by atoms with Crippen molar-refractivity contribution >= 4 is 51.8 Å². The van der Waals surface area contributed by atoms with Gasteiger partial charge < -0.3 is 15.4 Å². The van der Waals surface area contributed by atoms with Gasteiger partial charge in [-0.1, -0.05) is 23.7 Å². The second-order valence-corrected chi connectivity index (χ2v) is 11.1. The molecule has 1 atom stereocenters. The SMILES string of the molecule is Cc1ncsc1CCN1C(=O)c2cc3c(cc2C1=O)N=C(c1c(NC[C@@H](O)c2cccc(Cl)c2)cc[nH]c1=O)C3. The number of pyridine rings is 1. The molecule has 2 aliphatic rings. The summed E-state index contributed by atoms with van der Waals surface area (Å²) < 4.78 is 0. The molecule has 3 N–H and O–H groups in total. The molecule has 2 amide bonds. The number of hydrogen-bond acceptors (Lipinski definition) is 8. The zero-order valence-corrected chi connectivity index (χ0v) is 23.0. The first-order valence-corrected chi connectivity index (χ1v) is 13.9. The summed E-state index contributed by atoms with van der Waals surface area (Å²) in [6.07, 6.45) is 1.55. The number of aliphatic hydroxyl groups is 1. The number of thiazole rings is 1. The number of amides is 2. The van der Waals surface area contributed by atoms with Crippen molar-refractivity contribution in [1.82, 2.24) is 14.9 Å². The number of nitrogens with one attached hydrogen (secondary N) is 2. The summed E-state index contributed by atoms with van der Waals surface area (Å²) in [4.78, 5) is 53.1. The van der Waals surface area contributed by atoms with E-state index in [-0.39, 0.29) is 30.5 Å². The Morgan fingerprint density at radius 1 is 1.15 bits per heavy atom. The van der Waals surface area contributed by atoms with Crippen molar-refractivity contribution in [1.29, 1.82) is 0 Å². The lowest BCUT2D eigenvalue weighted by Crippen LogP contribution is -2.31. The molecule has 0 aliphatic carbocycles. The summed E-state index contributed by atoms with van der Waals surface area (Å²) in [7, 11) is 0. The van der Waals surface area contributed by atoms with Gasteiger partial charge in [0.2, 0.25) is 0 Å². The number of rotatable bonds is 8. The molecular formula is C29H24ClN5O4S. The van der Waals surface area contributed by atoms with E-state index in [4.69, 9.17) is 11.6 Å². The van der Waals surface area contributed by atoms with E-state index in [2.05, 4.69) is 20.3 Å². The van der Waals surface area contributed by atoms with Gasteiger partial charge in [0.15, 0.2) is 0 Å². The van der Waals surface area contributed by atoms with Gasteiger partial charge in [-0.2, -0.15) is 0 Å². The highest BCUT2D eigenvalue weighted by molar-refractivity contribution is 7.09. The Labute approximate surface area is 238 Å². The fourth-order valence-corrected chi connectivity index (χ4v) is 6.03. The number of aromatic nitrogens is 2. The lowest BCUT2D eigenvalue weighted by Gasteiger charge is -2.15. The predicted molar refractivity (Wildman–Crippen MR) is 154 cm³/mol. The maximum absolute atomic E-state index is 13.2. The number of fused-ring (bicyclic) bond motifs is 2. The molecule has 0 spiro atoms. The third kappa shape index (κ3) is 4.74. The van der Waals surface area contributed by atoms with E-state index in [1.54, 1.807) is 48.0 Å². The smallest absolute Gasteiger partial charge is 0.261 e. The number of anilines is 1. The molecule has 0 radical (unpaired) electrons. The molecule has 11 heteroatoms. The number of aliphatic hydroxyl groups excluding tert-OH is 1. The van der Waals surface area contributed by atoms with Crippen LogP contribution in [0.2, 0.25) is 5.02 Å². The number of halogens is 1. The maximum atomic E-state index is 13.2. The number of H-pyrrole nitrogens is 1. The molecule has 202 valence electrons. The average molecular weight is 574 g/mol. The van der Waals surface area contributed by atoms with Crippen LogP contribution in [0.4, 0.5) is 11.4 Å². The zero-order valence-electron chi connectivity index (χ0n) is 21.4. The van der Waals surface area contributed by atoms with Gasteiger partial charge in [-0.15, -0.1) is 11.3 Å². The average Bonchev–Trinajstić information content (AvgIpc) is 3.61. The first-order chi connectivity index (χ1) is 19.3. The number of hydrogen-bond donors (Lipinski definition) is 3. The van der Waals surface area contributed by atoms with E-state index >= 15 is 0 Å². The van der Waals surface area contributed by atoms with Crippen molar-refractivity contribution in [3.8, 4) is 0 Å². The van der Waals surface area contributed by atoms with Crippen LogP contribution in [0.15, 0.2) is 64.0 Å². The third-order valence-electron chi connectivity index (χ3n) is 7.16. The van der Waals surface area contributed by atoms with E-state index in [1.165, 1.54) is 22.4 Å². The van der Waals surface area contributed by atoms with Crippen LogP contribution in [-0.4, -0.2) is 50.6 Å². The minimum atomic E-state index is -0.850. The molecule has 0 saturated carbocycles. The molecule has 2 aromatic heterocycles. The van der Waals surface area contributed by atoms with Gasteiger partial charge in [0, 0.05) is 42.0 Å². The fourth-order valence-electron chi connectivity index (χ4n) is 5.06. The molecule has 40 heavy (non-hydrogen) atoms. The number of carbonyl (C=O) groups is 2. The highest BCUT2D eigenvalue weighted by atomic mass is 35.5. The predicted octanol–water partition coefficient (Wildman–Crippen LogP) is 4.45. The molecule has 2 aliphatic heterocycles. The Morgan fingerprint density at radius 2 is 1.95 bits per heavy atom. The Kier molecular flexibility index (Phi) is 6.83. The van der Waals surface area contributed by atoms with Crippen molar-refractivity contribution in [2.45, 2.75) is 25.9 Å². The minimum absolute atomic E-state index is 0.144. The van der Waals surface area contributed by atoms with Gasteiger partial charge in [-0.3, -0.25) is 24.3 Å². The number of aryl methyl sites for hydroxylation is 1. The van der Waals surface area contributed by atoms with Crippen LogP contribution in [0.3, 0.4) is 0 Å². The van der Waals surface area contributed by atoms with Gasteiger partial charge in [0.1, 0.15) is 0 Å². The Morgan fingerprint density at radius 3 is 2.70 bits per heavy atom. The van der Waals surface area contributed by atoms with Gasteiger partial charge in [-0.25, -0.2) is 4.98 Å². The van der Waals surface area contributed by atoms with Gasteiger partial charge in [-0.05, 0) is 48.4 Å². The Balaban J connectivity index is 1.23. The highest BCUT2D eigenvalue weighted by Crippen LogP contribution is 2.36. The molecule has 4 heterocycles. The van der Waals surface area contributed by atoms with Crippen LogP contribution in [0.5, 0.6) is 0 Å². The van der Waals surface area contributed by atoms with Crippen molar-refractivity contribution < 1.29 is 14.7 Å². The van der Waals surface area contributed by atoms with E-state index in [9.17, 15) is 19.5 Å². The molecular weight excluding hydrogens is 550 g/mol. The molecule has 4 aromatic rings. The summed E-state index contributed by atoms with van der Waals surface area (Å²) in [6.45, 7) is 2.34. The van der Waals surface area contributed by atoms with Crippen LogP contribution >= 0.6 is 22.9 Å². The largest absolute Gasteiger partial charge is 0.387 e. The Hall–Kier alpha value is -4.12. The van der Waals surface area contributed by atoms with E-state index in [0.29, 0.717) is 57.2 Å². The third-order valence-corrected chi connectivity index (χ3v) is 8.39. The lowest BCUT2D eigenvalue weighted by molar-refractivity contribution is 0.0656. The van der Waals surface area contributed by atoms with Crippen molar-refractivity contribution in [2.24, 2.45) is 4.99 Å². The molecule has 0 unspecified atom stereocenters. The second-order valence-electron chi connectivity index (χ2n) is 9.68. The summed E-state index contributed by atoms with van der Waals surface area (Å²) in [5.74, 6) is -0.670. The van der Waals surface area contributed by atoms with Crippen molar-refractivity contribution in [2.75, 3.05) is 18.4 Å². The molecule has 0 bridgehead atoms. The monoisotopic (exact) mass is 573 g/mol. The first kappa shape index (κ1) is 26.1. The summed E-state index contributed by atoms with van der Waals surface area (Å²) in [5.41, 5.74) is 6.35. The van der Waals surface area contributed by atoms with Gasteiger partial charge in [0.25, 0.3) is 17.4 Å². The molecule has 9 nitrogen and oxygen atoms in total. The number of aliphatic imine (C=N–C) groups is 1. The topological polar surface area (TPSA) is 128 Å². The number of nitrogens with zero attached hydrogens (tertiary/aromatic N) is 3. The van der Waals surface area contributed by atoms with Gasteiger partial charge in [0.05, 0.1) is 51.1 Å². The minimum Gasteiger partial charge on any atom is -0.387 e. The van der Waals surface area contributed by atoms with Crippen molar-refractivity contribution in [3.63, 3.8) is 0 Å². The quantitative estimate of drug-likeness (QED) is 0.267. The zero-order chi connectivity index (χ0) is 28.0. The summed E-state index contributed by atoms with van der Waals surface area (Å²) in [6, 6.07) is 12.0. The molecule has 2 aromatic carbocycles. The van der Waals surface area contributed by atoms with E-state index < -0.39 is 6.10 Å². The van der Waals surface area contributed by atoms with Crippen LogP contribution in [0, 0.1) is 6.92 Å². The first-order valence-electron chi connectivity index (χ1n) is 12.7. The van der Waals surface area contributed by atoms with Gasteiger partial charge >= 0.3 is 0 Å². The normalized spacial score (nSPS) is 14.8. The second kappa shape index (κ2) is 10.5. The maximum Gasteiger partial charge on any atom is 0.261 e. The van der Waals surface area contributed by atoms with Crippen LogP contribution < -0.4 is 10.9 Å².